The fourth-order valence-electron chi connectivity index (χ4n) is 4.16. The summed E-state index contributed by atoms with van der Waals surface area (Å²) in [5.41, 5.74) is 6.75. The summed E-state index contributed by atoms with van der Waals surface area (Å²) in [5, 5.41) is 0.810. The third-order valence-corrected chi connectivity index (χ3v) is 6.73. The van der Waals surface area contributed by atoms with E-state index in [1.807, 2.05) is 23.9 Å². The van der Waals surface area contributed by atoms with Crippen LogP contribution in [0, 0.1) is 5.41 Å². The molecule has 0 aliphatic heterocycles. The Kier molecular flexibility index (Phi) is 4.35. The van der Waals surface area contributed by atoms with Gasteiger partial charge in [-0.15, -0.1) is 11.8 Å². The molecule has 3 rings (SSSR count). The molecule has 3 heteroatoms. The van der Waals surface area contributed by atoms with E-state index < -0.39 is 0 Å². The van der Waals surface area contributed by atoms with Gasteiger partial charge in [-0.1, -0.05) is 37.3 Å². The molecule has 2 saturated carbocycles. The SMILES string of the molecule is NCC1(Sc2ccc(Cl)cc2)CC2(CCCCCC2)C1. The van der Waals surface area contributed by atoms with Crippen molar-refractivity contribution < 1.29 is 0 Å². The van der Waals surface area contributed by atoms with Gasteiger partial charge >= 0.3 is 0 Å². The maximum atomic E-state index is 6.13. The van der Waals surface area contributed by atoms with Crippen LogP contribution in [0.5, 0.6) is 0 Å². The van der Waals surface area contributed by atoms with Gasteiger partial charge in [-0.25, -0.2) is 0 Å². The van der Waals surface area contributed by atoms with E-state index in [-0.39, 0.29) is 4.75 Å². The molecule has 0 aromatic heterocycles. The second-order valence-electron chi connectivity index (χ2n) is 6.71. The van der Waals surface area contributed by atoms with Crippen LogP contribution in [-0.4, -0.2) is 11.3 Å². The molecule has 110 valence electrons. The first kappa shape index (κ1) is 14.7. The molecule has 0 unspecified atom stereocenters. The van der Waals surface area contributed by atoms with Crippen LogP contribution >= 0.6 is 23.4 Å². The van der Waals surface area contributed by atoms with E-state index in [2.05, 4.69) is 12.1 Å². The molecule has 0 saturated heterocycles. The van der Waals surface area contributed by atoms with Gasteiger partial charge < -0.3 is 5.73 Å². The number of hydrogen-bond acceptors (Lipinski definition) is 2. The summed E-state index contributed by atoms with van der Waals surface area (Å²) in [7, 11) is 0. The number of hydrogen-bond donors (Lipinski definition) is 1. The van der Waals surface area contributed by atoms with Crippen molar-refractivity contribution in [2.24, 2.45) is 11.1 Å². The Labute approximate surface area is 131 Å². The molecule has 0 bridgehead atoms. The third kappa shape index (κ3) is 3.03. The van der Waals surface area contributed by atoms with E-state index in [9.17, 15) is 0 Å². The molecular formula is C17H24ClNS. The van der Waals surface area contributed by atoms with Gasteiger partial charge in [-0.3, -0.25) is 0 Å². The molecule has 0 heterocycles. The highest BCUT2D eigenvalue weighted by molar-refractivity contribution is 8.00. The van der Waals surface area contributed by atoms with Crippen LogP contribution in [0.4, 0.5) is 0 Å². The largest absolute Gasteiger partial charge is 0.329 e. The Morgan fingerprint density at radius 2 is 1.60 bits per heavy atom. The molecule has 2 aliphatic carbocycles. The molecule has 20 heavy (non-hydrogen) atoms. The molecular weight excluding hydrogens is 286 g/mol. The van der Waals surface area contributed by atoms with Crippen LogP contribution in [0.15, 0.2) is 29.2 Å². The summed E-state index contributed by atoms with van der Waals surface area (Å²) in [6.07, 6.45) is 11.2. The van der Waals surface area contributed by atoms with Gasteiger partial charge in [-0.2, -0.15) is 0 Å². The van der Waals surface area contributed by atoms with E-state index in [1.54, 1.807) is 0 Å². The van der Waals surface area contributed by atoms with Crippen molar-refractivity contribution in [2.45, 2.75) is 61.0 Å². The number of nitrogens with two attached hydrogens (primary N) is 1. The first-order valence-corrected chi connectivity index (χ1v) is 9.00. The standard InChI is InChI=1S/C17H24ClNS/c18-14-5-7-15(8-6-14)20-17(13-19)11-16(12-17)9-3-1-2-4-10-16/h5-8H,1-4,9-13,19H2. The minimum absolute atomic E-state index is 0.276. The lowest BCUT2D eigenvalue weighted by molar-refractivity contribution is 0.0659. The Balaban J connectivity index is 1.67. The first-order chi connectivity index (χ1) is 9.65. The number of halogens is 1. The molecule has 1 spiro atoms. The van der Waals surface area contributed by atoms with Gasteiger partial charge in [0.05, 0.1) is 0 Å². The van der Waals surface area contributed by atoms with Gasteiger partial charge in [-0.05, 0) is 55.4 Å². The van der Waals surface area contributed by atoms with Gasteiger partial charge in [0.2, 0.25) is 0 Å². The van der Waals surface area contributed by atoms with Crippen LogP contribution in [0.3, 0.4) is 0 Å². The second kappa shape index (κ2) is 5.90. The maximum Gasteiger partial charge on any atom is 0.0406 e. The highest BCUT2D eigenvalue weighted by Crippen LogP contribution is 2.62. The lowest BCUT2D eigenvalue weighted by Crippen LogP contribution is -2.53. The Hall–Kier alpha value is -0.180. The van der Waals surface area contributed by atoms with Crippen LogP contribution in [-0.2, 0) is 0 Å². The first-order valence-electron chi connectivity index (χ1n) is 7.80. The van der Waals surface area contributed by atoms with Gasteiger partial charge in [0, 0.05) is 21.2 Å². The van der Waals surface area contributed by atoms with Crippen molar-refractivity contribution in [3.63, 3.8) is 0 Å². The average molecular weight is 310 g/mol. The monoisotopic (exact) mass is 309 g/mol. The zero-order valence-electron chi connectivity index (χ0n) is 12.0. The van der Waals surface area contributed by atoms with E-state index in [1.165, 1.54) is 56.3 Å². The fraction of sp³-hybridized carbons (Fsp3) is 0.647. The molecule has 2 fully saturated rings. The summed E-state index contributed by atoms with van der Waals surface area (Å²) in [6.45, 7) is 0.794. The lowest BCUT2D eigenvalue weighted by atomic mass is 9.58. The van der Waals surface area contributed by atoms with E-state index in [4.69, 9.17) is 17.3 Å². The predicted octanol–water partition coefficient (Wildman–Crippen LogP) is 5.26. The Morgan fingerprint density at radius 1 is 1.00 bits per heavy atom. The predicted molar refractivity (Wildman–Crippen MR) is 88.5 cm³/mol. The van der Waals surface area contributed by atoms with Crippen molar-refractivity contribution in [3.8, 4) is 0 Å². The van der Waals surface area contributed by atoms with Gasteiger partial charge in [0.1, 0.15) is 0 Å². The van der Waals surface area contributed by atoms with Crippen molar-refractivity contribution in [2.75, 3.05) is 6.54 Å². The Bertz CT molecular complexity index is 441. The van der Waals surface area contributed by atoms with Crippen molar-refractivity contribution in [3.05, 3.63) is 29.3 Å². The normalized spacial score (nSPS) is 24.1. The lowest BCUT2D eigenvalue weighted by Gasteiger charge is -2.56. The summed E-state index contributed by atoms with van der Waals surface area (Å²) in [4.78, 5) is 1.31. The fourth-order valence-corrected chi connectivity index (χ4v) is 5.90. The quantitative estimate of drug-likeness (QED) is 0.823. The molecule has 2 aliphatic rings. The van der Waals surface area contributed by atoms with Crippen molar-refractivity contribution >= 4 is 23.4 Å². The summed E-state index contributed by atoms with van der Waals surface area (Å²) < 4.78 is 0.276. The smallest absolute Gasteiger partial charge is 0.0406 e. The van der Waals surface area contributed by atoms with Gasteiger partial charge in [0.25, 0.3) is 0 Å². The van der Waals surface area contributed by atoms with Gasteiger partial charge in [0.15, 0.2) is 0 Å². The average Bonchev–Trinajstić information content (AvgIpc) is 2.66. The topological polar surface area (TPSA) is 26.0 Å². The molecule has 0 atom stereocenters. The van der Waals surface area contributed by atoms with Crippen LogP contribution < -0.4 is 5.73 Å². The summed E-state index contributed by atoms with van der Waals surface area (Å²) in [5.74, 6) is 0. The summed E-state index contributed by atoms with van der Waals surface area (Å²) >= 11 is 7.94. The highest BCUT2D eigenvalue weighted by Gasteiger charge is 2.53. The molecule has 0 amide bonds. The second-order valence-corrected chi connectivity index (χ2v) is 8.69. The molecule has 2 N–H and O–H groups in total. The van der Waals surface area contributed by atoms with Crippen LogP contribution in [0.25, 0.3) is 0 Å². The third-order valence-electron chi connectivity index (χ3n) is 5.08. The minimum atomic E-state index is 0.276. The minimum Gasteiger partial charge on any atom is -0.329 e. The number of benzene rings is 1. The Morgan fingerprint density at radius 3 is 2.15 bits per heavy atom. The zero-order valence-corrected chi connectivity index (χ0v) is 13.6. The summed E-state index contributed by atoms with van der Waals surface area (Å²) in [6, 6.07) is 8.22. The van der Waals surface area contributed by atoms with Crippen LogP contribution in [0.1, 0.15) is 51.4 Å². The maximum absolute atomic E-state index is 6.13. The molecule has 0 radical (unpaired) electrons. The van der Waals surface area contributed by atoms with Crippen molar-refractivity contribution in [1.82, 2.24) is 0 Å². The van der Waals surface area contributed by atoms with E-state index in [0.717, 1.165) is 11.6 Å². The highest BCUT2D eigenvalue weighted by atomic mass is 35.5. The van der Waals surface area contributed by atoms with Crippen molar-refractivity contribution in [1.29, 1.82) is 0 Å². The number of thioether (sulfide) groups is 1. The van der Waals surface area contributed by atoms with E-state index in [0.29, 0.717) is 5.41 Å². The zero-order chi connectivity index (χ0) is 14.1. The molecule has 1 nitrogen and oxygen atoms in total. The molecule has 1 aromatic carbocycles. The number of rotatable bonds is 3. The van der Waals surface area contributed by atoms with E-state index >= 15 is 0 Å². The molecule has 1 aromatic rings. The van der Waals surface area contributed by atoms with Crippen LogP contribution in [0.2, 0.25) is 5.02 Å².